The van der Waals surface area contributed by atoms with Gasteiger partial charge >= 0.3 is 0 Å². The molecule has 33 heavy (non-hydrogen) atoms. The molecule has 1 heterocycles. The summed E-state index contributed by atoms with van der Waals surface area (Å²) in [6.07, 6.45) is 1.22. The van der Waals surface area contributed by atoms with Crippen LogP contribution in [-0.4, -0.2) is 77.5 Å². The Labute approximate surface area is 197 Å². The number of carbonyl (C=O) groups excluding carboxylic acids is 1. The minimum absolute atomic E-state index is 0.205. The Bertz CT molecular complexity index is 1020. The smallest absolute Gasteiger partial charge is 0.279 e. The van der Waals surface area contributed by atoms with Crippen molar-refractivity contribution in [2.75, 3.05) is 53.9 Å². The SMILES string of the molecule is COc1ccccc1C(=O)NCC1(c2ccccc2)CCN(S(=O)(=O)NCCN(C)C)CC1. The number of para-hydroxylation sites is 1. The van der Waals surface area contributed by atoms with Crippen LogP contribution >= 0.6 is 0 Å². The highest BCUT2D eigenvalue weighted by atomic mass is 32.2. The van der Waals surface area contributed by atoms with E-state index in [1.807, 2.05) is 43.3 Å². The van der Waals surface area contributed by atoms with Gasteiger partial charge in [-0.2, -0.15) is 12.7 Å². The van der Waals surface area contributed by atoms with Gasteiger partial charge in [-0.25, -0.2) is 4.72 Å². The van der Waals surface area contributed by atoms with Crippen molar-refractivity contribution in [3.05, 3.63) is 65.7 Å². The minimum Gasteiger partial charge on any atom is -0.496 e. The Morgan fingerprint density at radius 2 is 1.70 bits per heavy atom. The molecule has 0 aliphatic carbocycles. The van der Waals surface area contributed by atoms with Gasteiger partial charge in [0.05, 0.1) is 12.7 Å². The van der Waals surface area contributed by atoms with Gasteiger partial charge in [-0.1, -0.05) is 42.5 Å². The van der Waals surface area contributed by atoms with Gasteiger partial charge in [-0.05, 0) is 44.6 Å². The lowest BCUT2D eigenvalue weighted by molar-refractivity contribution is 0.0929. The fourth-order valence-electron chi connectivity index (χ4n) is 4.18. The second-order valence-corrected chi connectivity index (χ2v) is 10.4. The van der Waals surface area contributed by atoms with Crippen molar-refractivity contribution in [1.29, 1.82) is 0 Å². The Morgan fingerprint density at radius 1 is 1.06 bits per heavy atom. The summed E-state index contributed by atoms with van der Waals surface area (Å²) < 4.78 is 35.0. The molecule has 0 radical (unpaired) electrons. The van der Waals surface area contributed by atoms with Crippen molar-refractivity contribution in [2.24, 2.45) is 0 Å². The number of amides is 1. The molecule has 0 atom stereocenters. The van der Waals surface area contributed by atoms with Crippen LogP contribution < -0.4 is 14.8 Å². The molecule has 2 aromatic carbocycles. The van der Waals surface area contributed by atoms with Gasteiger partial charge in [-0.15, -0.1) is 0 Å². The number of benzene rings is 2. The molecule has 1 aliphatic heterocycles. The third-order valence-corrected chi connectivity index (χ3v) is 7.80. The van der Waals surface area contributed by atoms with Crippen LogP contribution in [0.2, 0.25) is 0 Å². The molecule has 9 heteroatoms. The maximum atomic E-state index is 12.9. The number of piperidine rings is 1. The average molecular weight is 475 g/mol. The highest BCUT2D eigenvalue weighted by Crippen LogP contribution is 2.36. The van der Waals surface area contributed by atoms with Crippen LogP contribution in [0.3, 0.4) is 0 Å². The molecule has 0 saturated carbocycles. The number of rotatable bonds is 10. The van der Waals surface area contributed by atoms with Crippen molar-refractivity contribution in [3.8, 4) is 5.75 Å². The van der Waals surface area contributed by atoms with E-state index in [-0.39, 0.29) is 11.3 Å². The summed E-state index contributed by atoms with van der Waals surface area (Å²) in [5.41, 5.74) is 1.23. The number of likely N-dealkylation sites (N-methyl/N-ethyl adjacent to an activating group) is 1. The predicted molar refractivity (Wildman–Crippen MR) is 130 cm³/mol. The van der Waals surface area contributed by atoms with E-state index in [2.05, 4.69) is 22.2 Å². The zero-order chi connectivity index (χ0) is 23.9. The molecule has 0 unspecified atom stereocenters. The van der Waals surface area contributed by atoms with E-state index in [1.54, 1.807) is 25.3 Å². The fraction of sp³-hybridized carbons (Fsp3) is 0.458. The molecule has 0 aromatic heterocycles. The Balaban J connectivity index is 1.72. The van der Waals surface area contributed by atoms with Crippen LogP contribution in [0.25, 0.3) is 0 Å². The second-order valence-electron chi connectivity index (χ2n) is 8.63. The van der Waals surface area contributed by atoms with Crippen molar-refractivity contribution < 1.29 is 17.9 Å². The molecule has 1 fully saturated rings. The zero-order valence-electron chi connectivity index (χ0n) is 19.6. The second kappa shape index (κ2) is 11.1. The van der Waals surface area contributed by atoms with Crippen LogP contribution in [0.1, 0.15) is 28.8 Å². The number of nitrogens with zero attached hydrogens (tertiary/aromatic N) is 2. The highest BCUT2D eigenvalue weighted by molar-refractivity contribution is 7.87. The van der Waals surface area contributed by atoms with Crippen LogP contribution in [0.5, 0.6) is 5.75 Å². The van der Waals surface area contributed by atoms with Crippen molar-refractivity contribution in [1.82, 2.24) is 19.2 Å². The van der Waals surface area contributed by atoms with Crippen molar-refractivity contribution >= 4 is 16.1 Å². The standard InChI is InChI=1S/C24H34N4O4S/c1-27(2)18-15-26-33(30,31)28-16-13-24(14-17-28,20-9-5-4-6-10-20)19-25-23(29)21-11-7-8-12-22(21)32-3/h4-12,26H,13-19H2,1-3H3,(H,25,29). The minimum atomic E-state index is -3.54. The molecule has 8 nitrogen and oxygen atoms in total. The zero-order valence-corrected chi connectivity index (χ0v) is 20.4. The lowest BCUT2D eigenvalue weighted by Gasteiger charge is -2.42. The molecule has 2 aromatic rings. The Hall–Kier alpha value is -2.46. The molecular formula is C24H34N4O4S. The van der Waals surface area contributed by atoms with Gasteiger partial charge in [0.25, 0.3) is 16.1 Å². The molecule has 0 bridgehead atoms. The number of hydrogen-bond donors (Lipinski definition) is 2. The van der Waals surface area contributed by atoms with Crippen LogP contribution in [0.4, 0.5) is 0 Å². The van der Waals surface area contributed by atoms with Gasteiger partial charge in [0, 0.05) is 38.1 Å². The lowest BCUT2D eigenvalue weighted by Crippen LogP contribution is -2.53. The monoisotopic (exact) mass is 474 g/mol. The van der Waals surface area contributed by atoms with E-state index in [0.29, 0.717) is 56.9 Å². The third kappa shape index (κ3) is 6.32. The number of carbonyl (C=O) groups is 1. The van der Waals surface area contributed by atoms with Crippen molar-refractivity contribution in [2.45, 2.75) is 18.3 Å². The number of ether oxygens (including phenoxy) is 1. The van der Waals surface area contributed by atoms with E-state index in [0.717, 1.165) is 5.56 Å². The summed E-state index contributed by atoms with van der Waals surface area (Å²) in [7, 11) is 1.81. The quantitative estimate of drug-likeness (QED) is 0.549. The topological polar surface area (TPSA) is 91.0 Å². The molecular weight excluding hydrogens is 440 g/mol. The first-order valence-corrected chi connectivity index (χ1v) is 12.6. The summed E-state index contributed by atoms with van der Waals surface area (Å²) in [4.78, 5) is 14.9. The number of hydrogen-bond acceptors (Lipinski definition) is 5. The van der Waals surface area contributed by atoms with E-state index in [4.69, 9.17) is 4.74 Å². The van der Waals surface area contributed by atoms with Gasteiger partial charge in [0.15, 0.2) is 0 Å². The first kappa shape index (κ1) is 25.2. The lowest BCUT2D eigenvalue weighted by atomic mass is 9.73. The Morgan fingerprint density at radius 3 is 2.33 bits per heavy atom. The van der Waals surface area contributed by atoms with Gasteiger partial charge in [-0.3, -0.25) is 4.79 Å². The maximum Gasteiger partial charge on any atom is 0.279 e. The first-order valence-electron chi connectivity index (χ1n) is 11.1. The fourth-order valence-corrected chi connectivity index (χ4v) is 5.38. The van der Waals surface area contributed by atoms with E-state index in [9.17, 15) is 13.2 Å². The van der Waals surface area contributed by atoms with E-state index >= 15 is 0 Å². The van der Waals surface area contributed by atoms with E-state index < -0.39 is 10.2 Å². The molecule has 0 spiro atoms. The molecule has 1 aliphatic rings. The van der Waals surface area contributed by atoms with Gasteiger partial charge in [0.1, 0.15) is 5.75 Å². The normalized spacial score (nSPS) is 16.5. The van der Waals surface area contributed by atoms with Crippen LogP contribution in [-0.2, 0) is 15.6 Å². The summed E-state index contributed by atoms with van der Waals surface area (Å²) in [6.45, 7) is 2.18. The average Bonchev–Trinajstić information content (AvgIpc) is 2.83. The largest absolute Gasteiger partial charge is 0.496 e. The summed E-state index contributed by atoms with van der Waals surface area (Å²) >= 11 is 0. The highest BCUT2D eigenvalue weighted by Gasteiger charge is 2.39. The third-order valence-electron chi connectivity index (χ3n) is 6.19. The maximum absolute atomic E-state index is 12.9. The number of methoxy groups -OCH3 is 1. The molecule has 1 saturated heterocycles. The summed E-state index contributed by atoms with van der Waals surface area (Å²) in [5, 5.41) is 3.07. The van der Waals surface area contributed by atoms with Crippen LogP contribution in [0, 0.1) is 0 Å². The first-order chi connectivity index (χ1) is 15.8. The molecule has 3 rings (SSSR count). The van der Waals surface area contributed by atoms with E-state index in [1.165, 1.54) is 4.31 Å². The van der Waals surface area contributed by atoms with Crippen LogP contribution in [0.15, 0.2) is 54.6 Å². The van der Waals surface area contributed by atoms with Crippen molar-refractivity contribution in [3.63, 3.8) is 0 Å². The molecule has 2 N–H and O–H groups in total. The molecule has 1 amide bonds. The number of nitrogens with one attached hydrogen (secondary N) is 2. The predicted octanol–water partition coefficient (Wildman–Crippen LogP) is 1.85. The summed E-state index contributed by atoms with van der Waals surface area (Å²) in [6, 6.07) is 17.1. The molecule has 180 valence electrons. The summed E-state index contributed by atoms with van der Waals surface area (Å²) in [5.74, 6) is 0.316. The van der Waals surface area contributed by atoms with Gasteiger partial charge in [0.2, 0.25) is 0 Å². The Kier molecular flexibility index (Phi) is 8.47. The van der Waals surface area contributed by atoms with Gasteiger partial charge < -0.3 is 15.0 Å².